The van der Waals surface area contributed by atoms with Gasteiger partial charge in [0, 0.05) is 18.3 Å². The van der Waals surface area contributed by atoms with E-state index >= 15 is 0 Å². The zero-order valence-corrected chi connectivity index (χ0v) is 8.35. The maximum atomic E-state index is 12.5. The molecule has 5 nitrogen and oxygen atoms in total. The average Bonchev–Trinajstić information content (AvgIpc) is 2.20. The van der Waals surface area contributed by atoms with Crippen LogP contribution in [0.1, 0.15) is 12.8 Å². The Morgan fingerprint density at radius 3 is 2.94 bits per heavy atom. The molecule has 0 radical (unpaired) electrons. The highest BCUT2D eigenvalue weighted by Gasteiger charge is 2.01. The zero-order valence-electron chi connectivity index (χ0n) is 8.35. The molecule has 0 unspecified atom stereocenters. The fourth-order valence-electron chi connectivity index (χ4n) is 0.948. The molecule has 0 aliphatic carbocycles. The van der Waals surface area contributed by atoms with Gasteiger partial charge in [0.05, 0.1) is 12.6 Å². The van der Waals surface area contributed by atoms with Gasteiger partial charge in [-0.2, -0.15) is 0 Å². The summed E-state index contributed by atoms with van der Waals surface area (Å²) in [7, 11) is 0. The molecule has 1 aromatic heterocycles. The Balaban J connectivity index is 2.45. The smallest absolute Gasteiger partial charge is 0.309 e. The van der Waals surface area contributed by atoms with Gasteiger partial charge in [0.25, 0.3) is 0 Å². The number of carboxylic acid groups (broad SMARTS) is 1. The maximum Gasteiger partial charge on any atom is 0.309 e. The molecule has 0 saturated heterocycles. The van der Waals surface area contributed by atoms with Gasteiger partial charge < -0.3 is 10.5 Å². The molecule has 0 aromatic carbocycles. The summed E-state index contributed by atoms with van der Waals surface area (Å²) in [5.41, 5.74) is 0.0540. The molecule has 0 spiro atoms. The van der Waals surface area contributed by atoms with E-state index in [1.165, 1.54) is 18.3 Å². The third-order valence-corrected chi connectivity index (χ3v) is 1.64. The van der Waals surface area contributed by atoms with Crippen molar-refractivity contribution in [2.75, 3.05) is 0 Å². The van der Waals surface area contributed by atoms with Crippen molar-refractivity contribution in [2.24, 2.45) is 4.99 Å². The Labute approximate surface area is 91.2 Å². The number of aliphatic imine (C=N–C) groups is 1. The Bertz CT molecular complexity index is 415. The first-order valence-corrected chi connectivity index (χ1v) is 4.50. The van der Waals surface area contributed by atoms with E-state index in [1.807, 2.05) is 0 Å². The summed E-state index contributed by atoms with van der Waals surface area (Å²) in [4.78, 5) is 17.8. The van der Waals surface area contributed by atoms with Crippen LogP contribution in [0.15, 0.2) is 23.3 Å². The fourth-order valence-corrected chi connectivity index (χ4v) is 0.948. The molecule has 0 aliphatic rings. The van der Waals surface area contributed by atoms with E-state index in [2.05, 4.69) is 9.98 Å². The number of nitrogens with one attached hydrogen (secondary N) is 1. The number of carbonyl (C=O) groups is 1. The van der Waals surface area contributed by atoms with Gasteiger partial charge in [-0.05, 0) is 12.1 Å². The highest BCUT2D eigenvalue weighted by Crippen LogP contribution is 2.06. The highest BCUT2D eigenvalue weighted by atomic mass is 19.1. The van der Waals surface area contributed by atoms with E-state index in [9.17, 15) is 9.18 Å². The molecule has 0 saturated carbocycles. The summed E-state index contributed by atoms with van der Waals surface area (Å²) in [6.07, 6.45) is 2.26. The molecule has 0 amide bonds. The minimum atomic E-state index is -1.04. The lowest BCUT2D eigenvalue weighted by Gasteiger charge is -1.94. The minimum Gasteiger partial charge on any atom is -0.481 e. The van der Waals surface area contributed by atoms with E-state index in [0.717, 1.165) is 6.20 Å². The van der Waals surface area contributed by atoms with Crippen LogP contribution in [0.25, 0.3) is 0 Å². The van der Waals surface area contributed by atoms with Crippen LogP contribution in [0, 0.1) is 11.2 Å². The Morgan fingerprint density at radius 2 is 2.38 bits per heavy atom. The number of nitrogens with zero attached hydrogens (tertiary/aromatic N) is 2. The van der Waals surface area contributed by atoms with Gasteiger partial charge in [-0.3, -0.25) is 4.79 Å². The predicted octanol–water partition coefficient (Wildman–Crippen LogP) is 1.81. The van der Waals surface area contributed by atoms with Crippen molar-refractivity contribution in [3.8, 4) is 0 Å². The summed E-state index contributed by atoms with van der Waals surface area (Å²) < 4.78 is 12.5. The number of pyridine rings is 1. The second kappa shape index (κ2) is 5.69. The van der Waals surface area contributed by atoms with E-state index in [-0.39, 0.29) is 18.6 Å². The predicted molar refractivity (Wildman–Crippen MR) is 56.9 cm³/mol. The Morgan fingerprint density at radius 1 is 1.62 bits per heavy atom. The Hall–Kier alpha value is -2.11. The third kappa shape index (κ3) is 4.41. The maximum absolute atomic E-state index is 12.5. The largest absolute Gasteiger partial charge is 0.481 e. The molecule has 1 heterocycles. The zero-order chi connectivity index (χ0) is 12.0. The number of halogens is 1. The minimum absolute atomic E-state index is 0.0540. The lowest BCUT2D eigenvalue weighted by atomic mass is 10.2. The first-order chi connectivity index (χ1) is 7.58. The molecule has 0 bridgehead atoms. The van der Waals surface area contributed by atoms with Crippen LogP contribution in [0.2, 0.25) is 0 Å². The molecular weight excluding hydrogens is 213 g/mol. The van der Waals surface area contributed by atoms with E-state index < -0.39 is 11.8 Å². The van der Waals surface area contributed by atoms with Crippen LogP contribution in [0.3, 0.4) is 0 Å². The summed E-state index contributed by atoms with van der Waals surface area (Å²) in [6.45, 7) is 0. The molecule has 1 rings (SSSR count). The summed E-state index contributed by atoms with van der Waals surface area (Å²) >= 11 is 0. The molecule has 0 atom stereocenters. The first-order valence-electron chi connectivity index (χ1n) is 4.50. The van der Waals surface area contributed by atoms with Gasteiger partial charge in [0.15, 0.2) is 5.82 Å². The number of hydrogen-bond acceptors (Lipinski definition) is 4. The number of aliphatic carboxylic acids is 1. The fraction of sp³-hybridized carbons (Fsp3) is 0.200. The average molecular weight is 223 g/mol. The topological polar surface area (TPSA) is 86.4 Å². The molecule has 0 aliphatic heterocycles. The summed E-state index contributed by atoms with van der Waals surface area (Å²) in [5.74, 6) is -1.17. The van der Waals surface area contributed by atoms with Gasteiger partial charge in [-0.1, -0.05) is 0 Å². The highest BCUT2D eigenvalue weighted by molar-refractivity contribution is 6.02. The van der Waals surface area contributed by atoms with Gasteiger partial charge in [-0.25, -0.2) is 14.4 Å². The van der Waals surface area contributed by atoms with Gasteiger partial charge in [-0.15, -0.1) is 0 Å². The Kier molecular flexibility index (Phi) is 4.26. The monoisotopic (exact) mass is 223 g/mol. The van der Waals surface area contributed by atoms with Crippen molar-refractivity contribution in [2.45, 2.75) is 12.8 Å². The van der Waals surface area contributed by atoms with Crippen molar-refractivity contribution in [3.05, 3.63) is 24.1 Å². The molecule has 1 aromatic rings. The molecule has 0 fully saturated rings. The van der Waals surface area contributed by atoms with Gasteiger partial charge in [0.1, 0.15) is 5.82 Å². The number of hydrogen-bond donors (Lipinski definition) is 2. The SMILES string of the molecule is N=C(CC=Nc1ccc(F)cn1)CC(=O)O. The van der Waals surface area contributed by atoms with Crippen LogP contribution in [0.5, 0.6) is 0 Å². The van der Waals surface area contributed by atoms with Gasteiger partial charge in [0.2, 0.25) is 0 Å². The van der Waals surface area contributed by atoms with E-state index in [1.54, 1.807) is 0 Å². The van der Waals surface area contributed by atoms with Crippen molar-refractivity contribution in [1.82, 2.24) is 4.98 Å². The van der Waals surface area contributed by atoms with Crippen molar-refractivity contribution in [1.29, 1.82) is 5.41 Å². The number of carboxylic acids is 1. The number of rotatable bonds is 5. The van der Waals surface area contributed by atoms with Crippen LogP contribution >= 0.6 is 0 Å². The first kappa shape index (κ1) is 12.0. The number of aromatic nitrogens is 1. The quantitative estimate of drug-likeness (QED) is 0.746. The van der Waals surface area contributed by atoms with Crippen LogP contribution in [-0.4, -0.2) is 28.0 Å². The van der Waals surface area contributed by atoms with Crippen molar-refractivity contribution < 1.29 is 14.3 Å². The lowest BCUT2D eigenvalue weighted by Crippen LogP contribution is -2.05. The standard InChI is InChI=1S/C10H10FN3O2/c11-7-1-2-9(14-6-7)13-4-3-8(12)5-10(15)16/h1-2,4,6,12H,3,5H2,(H,15,16). The van der Waals surface area contributed by atoms with E-state index in [0.29, 0.717) is 5.82 Å². The molecule has 16 heavy (non-hydrogen) atoms. The molecule has 6 heteroatoms. The van der Waals surface area contributed by atoms with Gasteiger partial charge >= 0.3 is 5.97 Å². The molecule has 84 valence electrons. The summed E-state index contributed by atoms with van der Waals surface area (Å²) in [5, 5.41) is 15.7. The second-order valence-electron chi connectivity index (χ2n) is 3.02. The lowest BCUT2D eigenvalue weighted by molar-refractivity contribution is -0.135. The van der Waals surface area contributed by atoms with Crippen LogP contribution in [-0.2, 0) is 4.79 Å². The second-order valence-corrected chi connectivity index (χ2v) is 3.02. The van der Waals surface area contributed by atoms with E-state index in [4.69, 9.17) is 10.5 Å². The molecule has 2 N–H and O–H groups in total. The normalized spacial score (nSPS) is 10.6. The third-order valence-electron chi connectivity index (χ3n) is 1.64. The van der Waals surface area contributed by atoms with Crippen LogP contribution in [0.4, 0.5) is 10.2 Å². The van der Waals surface area contributed by atoms with Crippen LogP contribution < -0.4 is 0 Å². The molecular formula is C10H10FN3O2. The summed E-state index contributed by atoms with van der Waals surface area (Å²) in [6, 6.07) is 2.62. The van der Waals surface area contributed by atoms with Crippen molar-refractivity contribution >= 4 is 23.7 Å². The van der Waals surface area contributed by atoms with Crippen molar-refractivity contribution in [3.63, 3.8) is 0 Å².